The van der Waals surface area contributed by atoms with E-state index in [1.165, 1.54) is 0 Å². The molecule has 0 spiro atoms. The average molecular weight is 626 g/mol. The van der Waals surface area contributed by atoms with Crippen LogP contribution in [0.1, 0.15) is 5.56 Å². The fourth-order valence-corrected chi connectivity index (χ4v) is 5.71. The molecule has 14 N–H and O–H groups in total. The molecule has 1 aromatic rings. The summed E-state index contributed by atoms with van der Waals surface area (Å²) in [5.74, 6) is 0. The maximum atomic E-state index is 11.5. The van der Waals surface area contributed by atoms with Gasteiger partial charge in [0.1, 0.15) is 48.3 Å². The number of hydrogen-bond donors (Lipinski definition) is 11. The van der Waals surface area contributed by atoms with E-state index in [0.717, 1.165) is 0 Å². The molecule has 17 heteroatoms. The Kier molecular flexibility index (Phi) is 10.8. The average Bonchev–Trinajstić information content (AvgIpc) is 2.98. The third-order valence-corrected chi connectivity index (χ3v) is 8.58. The van der Waals surface area contributed by atoms with Gasteiger partial charge < -0.3 is 81.7 Å². The fraction of sp³-hybridized carbons (Fsp3) is 0.760. The lowest BCUT2D eigenvalue weighted by molar-refractivity contribution is -0.362. The number of ether oxygens (including phenoxy) is 5. The number of hydrogen-bond acceptors (Lipinski definition) is 16. The summed E-state index contributed by atoms with van der Waals surface area (Å²) in [5.41, 5.74) is 16.4. The van der Waals surface area contributed by atoms with Crippen molar-refractivity contribution in [1.29, 1.82) is 0 Å². The van der Waals surface area contributed by atoms with Crippen LogP contribution in [0.3, 0.4) is 0 Å². The van der Waals surface area contributed by atoms with Gasteiger partial charge in [0.15, 0.2) is 23.9 Å². The molecule has 4 rings (SSSR count). The summed E-state index contributed by atoms with van der Waals surface area (Å²) < 4.78 is 28.1. The first-order chi connectivity index (χ1) is 19.8. The van der Waals surface area contributed by atoms with Crippen molar-refractivity contribution in [1.82, 2.24) is 0 Å². The molecule has 0 bridgehead atoms. The molecule has 16 nitrogen and oxygen atoms in total. The molecule has 1 aromatic carbocycles. The predicted molar refractivity (Wildman–Crippen MR) is 141 cm³/mol. The summed E-state index contributed by atoms with van der Waals surface area (Å²) in [4.78, 5) is 0. The van der Waals surface area contributed by atoms with Crippen LogP contribution in [0.5, 0.6) is 0 Å². The summed E-state index contributed by atoms with van der Waals surface area (Å²) >= 11 is 6.53. The third-order valence-electron chi connectivity index (χ3n) is 8.04. The first kappa shape index (κ1) is 33.8. The molecule has 240 valence electrons. The second-order valence-corrected chi connectivity index (χ2v) is 11.4. The molecular weight excluding hydrogens is 586 g/mol. The molecular formula is C25H40ClN3O13. The van der Waals surface area contributed by atoms with Gasteiger partial charge in [0.05, 0.1) is 37.9 Å². The van der Waals surface area contributed by atoms with Crippen molar-refractivity contribution in [3.05, 3.63) is 35.9 Å². The van der Waals surface area contributed by atoms with Gasteiger partial charge in [0.25, 0.3) is 0 Å². The molecule has 3 aliphatic heterocycles. The molecule has 3 aliphatic rings. The summed E-state index contributed by atoms with van der Waals surface area (Å²) in [5, 5.41) is 81.5. The van der Waals surface area contributed by atoms with Crippen molar-refractivity contribution in [2.24, 2.45) is 17.2 Å². The van der Waals surface area contributed by atoms with Crippen LogP contribution >= 0.6 is 11.6 Å². The maximum Gasteiger partial charge on any atom is 0.198 e. The Balaban J connectivity index is 1.50. The van der Waals surface area contributed by atoms with Crippen molar-refractivity contribution in [3.63, 3.8) is 0 Å². The highest BCUT2D eigenvalue weighted by atomic mass is 35.5. The van der Waals surface area contributed by atoms with Crippen LogP contribution in [-0.4, -0.2) is 151 Å². The monoisotopic (exact) mass is 625 g/mol. The number of aliphatic hydroxyl groups excluding tert-OH is 7. The molecule has 0 amide bonds. The molecule has 0 aliphatic carbocycles. The number of benzene rings is 1. The molecule has 0 saturated carbocycles. The van der Waals surface area contributed by atoms with E-state index in [-0.39, 0.29) is 6.42 Å². The molecule has 42 heavy (non-hydrogen) atoms. The summed E-state index contributed by atoms with van der Waals surface area (Å²) in [6.45, 7) is -2.40. The van der Waals surface area contributed by atoms with Crippen LogP contribution in [0.15, 0.2) is 30.3 Å². The highest BCUT2D eigenvalue weighted by molar-refractivity contribution is 6.24. The van der Waals surface area contributed by atoms with Gasteiger partial charge in [-0.3, -0.25) is 0 Å². The molecule has 3 fully saturated rings. The Morgan fingerprint density at radius 1 is 0.786 bits per heavy atom. The number of aliphatic hydroxyl groups is 8. The zero-order valence-electron chi connectivity index (χ0n) is 22.4. The van der Waals surface area contributed by atoms with Gasteiger partial charge in [-0.05, 0) is 5.56 Å². The molecule has 0 radical (unpaired) electrons. The van der Waals surface area contributed by atoms with Crippen molar-refractivity contribution in [2.45, 2.75) is 96.8 Å². The minimum absolute atomic E-state index is 0.246. The predicted octanol–water partition coefficient (Wildman–Crippen LogP) is -5.49. The van der Waals surface area contributed by atoms with Crippen molar-refractivity contribution in [2.75, 3.05) is 19.8 Å². The van der Waals surface area contributed by atoms with Gasteiger partial charge in [-0.2, -0.15) is 0 Å². The van der Waals surface area contributed by atoms with Crippen LogP contribution in [0.4, 0.5) is 0 Å². The molecule has 3 saturated heterocycles. The Morgan fingerprint density at radius 2 is 1.33 bits per heavy atom. The minimum atomic E-state index is -2.31. The Hall–Kier alpha value is -1.13. The molecule has 0 aromatic heterocycles. The van der Waals surface area contributed by atoms with Crippen LogP contribution in [0, 0.1) is 0 Å². The quantitative estimate of drug-likeness (QED) is 0.114. The Morgan fingerprint density at radius 3 is 1.90 bits per heavy atom. The summed E-state index contributed by atoms with van der Waals surface area (Å²) in [6, 6.07) is 4.34. The molecule has 3 heterocycles. The van der Waals surface area contributed by atoms with E-state index in [0.29, 0.717) is 5.56 Å². The van der Waals surface area contributed by atoms with Crippen molar-refractivity contribution < 1.29 is 64.5 Å². The van der Waals surface area contributed by atoms with E-state index in [1.807, 2.05) is 0 Å². The maximum absolute atomic E-state index is 11.5. The minimum Gasteiger partial charge on any atom is -0.394 e. The standard InChI is InChI=1S/C25H40ClN3O13/c26-25(9-32)24(37,6-10-4-2-1-3-5-10)20(35)15(29)23(42-25)41-19-12(8-31)39-22(14(28)17(19)34)40-18-11(7-30)38-21(36)13(27)16(18)33/h1-5,11-23,30-37H,6-9,27-29H2/t11-,12-,13-,14-,15-,16-,17-,18?,19?,20-,21-,22+,23+,24+,25+/m1/s1. The smallest absolute Gasteiger partial charge is 0.198 e. The van der Waals surface area contributed by atoms with E-state index in [1.54, 1.807) is 30.3 Å². The fourth-order valence-electron chi connectivity index (χ4n) is 5.45. The number of alkyl halides is 1. The normalized spacial score (nSPS) is 48.2. The lowest BCUT2D eigenvalue weighted by Gasteiger charge is -2.54. The second kappa shape index (κ2) is 13.5. The first-order valence-electron chi connectivity index (χ1n) is 13.4. The SMILES string of the molecule is N[C@H]1[C@@H](OC2[C@@H](CO)O[C@@H](OC3[C@@H](CO)O[C@@H](O)[C@H](N)[C@H]3O)[C@H](N)[C@H]2O)O[C@@](Cl)(CO)[C@](O)(Cc2ccccc2)[C@@H]1O. The number of halogens is 1. The highest BCUT2D eigenvalue weighted by Crippen LogP contribution is 2.44. The van der Waals surface area contributed by atoms with Gasteiger partial charge in [-0.1, -0.05) is 41.9 Å². The first-order valence-corrected chi connectivity index (χ1v) is 13.8. The van der Waals surface area contributed by atoms with Gasteiger partial charge in [-0.25, -0.2) is 0 Å². The van der Waals surface area contributed by atoms with E-state index in [9.17, 15) is 40.9 Å². The Labute approximate surface area is 246 Å². The van der Waals surface area contributed by atoms with Crippen molar-refractivity contribution in [3.8, 4) is 0 Å². The topological polar surface area (TPSA) is 286 Å². The summed E-state index contributed by atoms with van der Waals surface area (Å²) in [7, 11) is 0. The van der Waals surface area contributed by atoms with Crippen LogP contribution in [-0.2, 0) is 30.1 Å². The number of nitrogens with two attached hydrogens (primary N) is 3. The Bertz CT molecular complexity index is 1020. The number of rotatable bonds is 9. The van der Waals surface area contributed by atoms with Gasteiger partial charge in [-0.15, -0.1) is 0 Å². The molecule has 15 atom stereocenters. The van der Waals surface area contributed by atoms with E-state index < -0.39 is 110 Å². The van der Waals surface area contributed by atoms with Crippen LogP contribution in [0.2, 0.25) is 0 Å². The van der Waals surface area contributed by atoms with Crippen LogP contribution < -0.4 is 17.2 Å². The largest absolute Gasteiger partial charge is 0.394 e. The van der Waals surface area contributed by atoms with Gasteiger partial charge in [0, 0.05) is 6.42 Å². The summed E-state index contributed by atoms with van der Waals surface area (Å²) in [6.07, 6.45) is -15.3. The second-order valence-electron chi connectivity index (χ2n) is 10.8. The zero-order valence-corrected chi connectivity index (χ0v) is 23.2. The van der Waals surface area contributed by atoms with E-state index >= 15 is 0 Å². The third kappa shape index (κ3) is 6.19. The van der Waals surface area contributed by atoms with Gasteiger partial charge >= 0.3 is 0 Å². The van der Waals surface area contributed by atoms with E-state index in [2.05, 4.69) is 0 Å². The zero-order chi connectivity index (χ0) is 31.0. The van der Waals surface area contributed by atoms with Crippen LogP contribution in [0.25, 0.3) is 0 Å². The lowest BCUT2D eigenvalue weighted by atomic mass is 9.78. The van der Waals surface area contributed by atoms with Gasteiger partial charge in [0.2, 0.25) is 0 Å². The van der Waals surface area contributed by atoms with E-state index in [4.69, 9.17) is 52.5 Å². The molecule has 2 unspecified atom stereocenters. The lowest BCUT2D eigenvalue weighted by Crippen LogP contribution is -2.75. The van der Waals surface area contributed by atoms with Crippen molar-refractivity contribution >= 4 is 11.6 Å². The highest BCUT2D eigenvalue weighted by Gasteiger charge is 2.63.